The Balaban J connectivity index is 1.78. The predicted molar refractivity (Wildman–Crippen MR) is 91.8 cm³/mol. The molecule has 0 spiro atoms. The summed E-state index contributed by atoms with van der Waals surface area (Å²) in [5, 5.41) is 1.78. The Morgan fingerprint density at radius 3 is 2.75 bits per heavy atom. The van der Waals surface area contributed by atoms with Crippen LogP contribution in [0.1, 0.15) is 36.8 Å². The van der Waals surface area contributed by atoms with E-state index in [-0.39, 0.29) is 17.6 Å². The Hall–Kier alpha value is -1.51. The maximum absolute atomic E-state index is 13.1. The molecule has 2 aliphatic rings. The van der Waals surface area contributed by atoms with Gasteiger partial charge in [0.25, 0.3) is 15.6 Å². The van der Waals surface area contributed by atoms with Crippen molar-refractivity contribution in [2.24, 2.45) is 0 Å². The van der Waals surface area contributed by atoms with Crippen LogP contribution in [0.2, 0.25) is 0 Å². The van der Waals surface area contributed by atoms with Crippen molar-refractivity contribution in [3.8, 4) is 0 Å². The number of hydrogen-bond donors (Lipinski definition) is 1. The Morgan fingerprint density at radius 2 is 2.08 bits per heavy atom. The Bertz CT molecular complexity index is 919. The molecule has 2 aromatic heterocycles. The van der Waals surface area contributed by atoms with Crippen molar-refractivity contribution in [1.82, 2.24) is 14.3 Å². The summed E-state index contributed by atoms with van der Waals surface area (Å²) in [6, 6.07) is 3.14. The highest BCUT2D eigenvalue weighted by molar-refractivity contribution is 7.91. The van der Waals surface area contributed by atoms with E-state index >= 15 is 0 Å². The highest BCUT2D eigenvalue weighted by Gasteiger charge is 2.45. The van der Waals surface area contributed by atoms with Crippen molar-refractivity contribution >= 4 is 21.4 Å². The highest BCUT2D eigenvalue weighted by Crippen LogP contribution is 2.37. The van der Waals surface area contributed by atoms with E-state index in [1.807, 2.05) is 6.92 Å². The number of rotatable bonds is 3. The van der Waals surface area contributed by atoms with Gasteiger partial charge >= 0.3 is 0 Å². The molecule has 0 amide bonds. The Kier molecular flexibility index (Phi) is 3.85. The van der Waals surface area contributed by atoms with Crippen LogP contribution < -0.4 is 5.56 Å². The third-order valence-corrected chi connectivity index (χ3v) is 8.31. The van der Waals surface area contributed by atoms with E-state index in [0.717, 1.165) is 18.5 Å². The molecule has 4 heterocycles. The van der Waals surface area contributed by atoms with Crippen LogP contribution in [0.4, 0.5) is 0 Å². The summed E-state index contributed by atoms with van der Waals surface area (Å²) >= 11 is 1.24. The van der Waals surface area contributed by atoms with Gasteiger partial charge in [-0.05, 0) is 30.7 Å². The van der Waals surface area contributed by atoms with Gasteiger partial charge in [0.1, 0.15) is 10.0 Å². The second-order valence-electron chi connectivity index (χ2n) is 6.35. The summed E-state index contributed by atoms with van der Waals surface area (Å²) in [5.41, 5.74) is 1.32. The van der Waals surface area contributed by atoms with Gasteiger partial charge in [0, 0.05) is 30.5 Å². The zero-order valence-electron chi connectivity index (χ0n) is 13.4. The first-order chi connectivity index (χ1) is 11.5. The summed E-state index contributed by atoms with van der Waals surface area (Å²) in [5.74, 6) is 0.671. The number of fused-ring (bicyclic) bond motifs is 3. The van der Waals surface area contributed by atoms with Crippen LogP contribution >= 0.6 is 11.3 Å². The molecule has 1 N–H and O–H groups in total. The van der Waals surface area contributed by atoms with Crippen LogP contribution in [-0.4, -0.2) is 34.8 Å². The Labute approximate surface area is 144 Å². The monoisotopic (exact) mass is 365 g/mol. The van der Waals surface area contributed by atoms with Crippen molar-refractivity contribution in [2.75, 3.05) is 0 Å². The molecule has 2 bridgehead atoms. The van der Waals surface area contributed by atoms with Gasteiger partial charge in [-0.25, -0.2) is 13.4 Å². The molecular weight excluding hydrogens is 346 g/mol. The second-order valence-corrected chi connectivity index (χ2v) is 9.37. The smallest absolute Gasteiger partial charge is 0.254 e. The molecule has 0 aromatic carbocycles. The van der Waals surface area contributed by atoms with Crippen LogP contribution in [0.5, 0.6) is 0 Å². The van der Waals surface area contributed by atoms with E-state index in [2.05, 4.69) is 9.97 Å². The number of aryl methyl sites for hydroxylation is 1. The van der Waals surface area contributed by atoms with Crippen molar-refractivity contribution in [2.45, 2.75) is 55.3 Å². The maximum Gasteiger partial charge on any atom is 0.254 e. The fourth-order valence-electron chi connectivity index (χ4n) is 3.83. The van der Waals surface area contributed by atoms with Crippen LogP contribution in [0, 0.1) is 0 Å². The van der Waals surface area contributed by atoms with Gasteiger partial charge in [-0.3, -0.25) is 4.79 Å². The molecule has 0 unspecified atom stereocenters. The number of thiophene rings is 1. The largest absolute Gasteiger partial charge is 0.310 e. The lowest BCUT2D eigenvalue weighted by molar-refractivity contribution is 0.328. The number of nitrogens with zero attached hydrogens (tertiary/aromatic N) is 2. The molecule has 8 heteroatoms. The van der Waals surface area contributed by atoms with Gasteiger partial charge in [-0.15, -0.1) is 11.3 Å². The lowest BCUT2D eigenvalue weighted by Crippen LogP contribution is -2.41. The van der Waals surface area contributed by atoms with Gasteiger partial charge in [0.2, 0.25) is 0 Å². The van der Waals surface area contributed by atoms with E-state index in [1.54, 1.807) is 21.8 Å². The molecule has 4 rings (SSSR count). The van der Waals surface area contributed by atoms with Crippen LogP contribution in [0.15, 0.2) is 26.5 Å². The second kappa shape index (κ2) is 5.79. The molecule has 6 nitrogen and oxygen atoms in total. The standard InChI is InChI=1S/C16H19N3O3S2/c1-2-14-17-13-9-11-6-5-10(8-12(13)16(20)18-14)19(11)24(21,22)15-4-3-7-23-15/h3-4,7,10-11H,2,5-6,8-9H2,1H3,(H,17,18,20)/t10-,11+/m1/s1. The molecule has 1 saturated heterocycles. The minimum atomic E-state index is -3.51. The Morgan fingerprint density at radius 1 is 1.33 bits per heavy atom. The number of aromatic amines is 1. The maximum atomic E-state index is 13.1. The van der Waals surface area contributed by atoms with Crippen molar-refractivity contribution in [3.63, 3.8) is 0 Å². The van der Waals surface area contributed by atoms with Gasteiger partial charge < -0.3 is 4.98 Å². The topological polar surface area (TPSA) is 83.1 Å². The lowest BCUT2D eigenvalue weighted by atomic mass is 9.98. The van der Waals surface area contributed by atoms with Crippen LogP contribution in [0.25, 0.3) is 0 Å². The first kappa shape index (κ1) is 16.0. The summed E-state index contributed by atoms with van der Waals surface area (Å²) in [4.78, 5) is 19.8. The number of sulfonamides is 1. The molecular formula is C16H19N3O3S2. The normalized spacial score (nSPS) is 23.9. The average Bonchev–Trinajstić information content (AvgIpc) is 3.16. The molecule has 2 atom stereocenters. The van der Waals surface area contributed by atoms with E-state index in [9.17, 15) is 13.2 Å². The number of aromatic nitrogens is 2. The molecule has 2 aliphatic heterocycles. The minimum absolute atomic E-state index is 0.109. The fourth-order valence-corrected chi connectivity index (χ4v) is 6.79. The molecule has 128 valence electrons. The van der Waals surface area contributed by atoms with Crippen molar-refractivity contribution < 1.29 is 8.42 Å². The number of hydrogen-bond acceptors (Lipinski definition) is 5. The van der Waals surface area contributed by atoms with Crippen LogP contribution in [0.3, 0.4) is 0 Å². The SMILES string of the molecule is CCc1nc2c(c(=O)[nH]1)C[C@H]1CC[C@@H](C2)N1S(=O)(=O)c1cccs1. The highest BCUT2D eigenvalue weighted by atomic mass is 32.2. The number of H-pyrrole nitrogens is 1. The average molecular weight is 365 g/mol. The predicted octanol–water partition coefficient (Wildman–Crippen LogP) is 1.71. The zero-order chi connectivity index (χ0) is 16.9. The summed E-state index contributed by atoms with van der Waals surface area (Å²) in [6.07, 6.45) is 3.25. The van der Waals surface area contributed by atoms with Crippen LogP contribution in [-0.2, 0) is 29.3 Å². The van der Waals surface area contributed by atoms with E-state index in [0.29, 0.717) is 34.9 Å². The minimum Gasteiger partial charge on any atom is -0.310 e. The van der Waals surface area contributed by atoms with E-state index in [4.69, 9.17) is 0 Å². The fraction of sp³-hybridized carbons (Fsp3) is 0.500. The molecule has 0 radical (unpaired) electrons. The quantitative estimate of drug-likeness (QED) is 0.898. The third-order valence-electron chi connectivity index (χ3n) is 4.93. The summed E-state index contributed by atoms with van der Waals surface area (Å²) in [7, 11) is -3.51. The first-order valence-electron chi connectivity index (χ1n) is 8.18. The molecule has 0 saturated carbocycles. The first-order valence-corrected chi connectivity index (χ1v) is 10.5. The summed E-state index contributed by atoms with van der Waals surface area (Å²) < 4.78 is 28.1. The van der Waals surface area contributed by atoms with Gasteiger partial charge in [-0.1, -0.05) is 13.0 Å². The summed E-state index contributed by atoms with van der Waals surface area (Å²) in [6.45, 7) is 1.95. The molecule has 2 aromatic rings. The third kappa shape index (κ3) is 2.44. The molecule has 1 fully saturated rings. The van der Waals surface area contributed by atoms with Gasteiger partial charge in [0.15, 0.2) is 0 Å². The van der Waals surface area contributed by atoms with Gasteiger partial charge in [0.05, 0.1) is 5.69 Å². The van der Waals surface area contributed by atoms with Crippen molar-refractivity contribution in [3.05, 3.63) is 44.9 Å². The van der Waals surface area contributed by atoms with Crippen molar-refractivity contribution in [1.29, 1.82) is 0 Å². The molecule has 0 aliphatic carbocycles. The zero-order valence-corrected chi connectivity index (χ0v) is 15.0. The van der Waals surface area contributed by atoms with Gasteiger partial charge in [-0.2, -0.15) is 4.31 Å². The van der Waals surface area contributed by atoms with E-state index < -0.39 is 10.0 Å². The number of nitrogens with one attached hydrogen (secondary N) is 1. The van der Waals surface area contributed by atoms with E-state index in [1.165, 1.54) is 11.3 Å². The molecule has 24 heavy (non-hydrogen) atoms. The lowest BCUT2D eigenvalue weighted by Gasteiger charge is -2.26.